The Labute approximate surface area is 200 Å². The smallest absolute Gasteiger partial charge is 0.270 e. The quantitative estimate of drug-likeness (QED) is 0.136. The number of carbonyl (C=O) groups excluding carboxylic acids is 1. The SMILES string of the molecule is CCOc1ccc(-n2c(SCC(=O)c3cccc([N+](=O)[O-])c3)nnc2-c2ccc(C)cc2)cc1. The second kappa shape index (κ2) is 10.3. The number of nitro benzene ring substituents is 1. The highest BCUT2D eigenvalue weighted by molar-refractivity contribution is 7.99. The highest BCUT2D eigenvalue weighted by Crippen LogP contribution is 2.29. The third kappa shape index (κ3) is 5.15. The summed E-state index contributed by atoms with van der Waals surface area (Å²) in [6, 6.07) is 21.3. The fraction of sp³-hybridized carbons (Fsp3) is 0.160. The molecule has 1 heterocycles. The largest absolute Gasteiger partial charge is 0.494 e. The van der Waals surface area contributed by atoms with Crippen molar-refractivity contribution in [1.29, 1.82) is 0 Å². The van der Waals surface area contributed by atoms with Gasteiger partial charge in [-0.05, 0) is 38.1 Å². The number of non-ortho nitro benzene ring substituents is 1. The van der Waals surface area contributed by atoms with E-state index in [-0.39, 0.29) is 22.8 Å². The minimum absolute atomic E-state index is 0.0598. The zero-order valence-electron chi connectivity index (χ0n) is 18.7. The first kappa shape index (κ1) is 23.2. The summed E-state index contributed by atoms with van der Waals surface area (Å²) in [6.45, 7) is 4.51. The highest BCUT2D eigenvalue weighted by Gasteiger charge is 2.19. The van der Waals surface area contributed by atoms with Crippen molar-refractivity contribution in [3.05, 3.63) is 94.0 Å². The fourth-order valence-corrected chi connectivity index (χ4v) is 4.20. The van der Waals surface area contributed by atoms with Gasteiger partial charge in [-0.25, -0.2) is 0 Å². The summed E-state index contributed by atoms with van der Waals surface area (Å²) >= 11 is 1.23. The molecule has 0 radical (unpaired) electrons. The normalized spacial score (nSPS) is 10.8. The van der Waals surface area contributed by atoms with Crippen molar-refractivity contribution in [1.82, 2.24) is 14.8 Å². The number of ether oxygens (including phenoxy) is 1. The molecule has 0 saturated heterocycles. The number of aromatic nitrogens is 3. The molecule has 0 atom stereocenters. The third-order valence-electron chi connectivity index (χ3n) is 5.06. The van der Waals surface area contributed by atoms with Gasteiger partial charge in [0.2, 0.25) is 0 Å². The van der Waals surface area contributed by atoms with Crippen LogP contribution >= 0.6 is 11.8 Å². The summed E-state index contributed by atoms with van der Waals surface area (Å²) in [6.07, 6.45) is 0. The lowest BCUT2D eigenvalue weighted by Gasteiger charge is -2.11. The van der Waals surface area contributed by atoms with Crippen LogP contribution in [0, 0.1) is 17.0 Å². The number of carbonyl (C=O) groups is 1. The molecule has 4 rings (SSSR count). The average molecular weight is 475 g/mol. The van der Waals surface area contributed by atoms with Crippen LogP contribution in [0.5, 0.6) is 5.75 Å². The van der Waals surface area contributed by atoms with Gasteiger partial charge in [0.15, 0.2) is 16.8 Å². The van der Waals surface area contributed by atoms with E-state index in [9.17, 15) is 14.9 Å². The van der Waals surface area contributed by atoms with Crippen molar-refractivity contribution < 1.29 is 14.5 Å². The maximum atomic E-state index is 12.8. The van der Waals surface area contributed by atoms with Crippen molar-refractivity contribution in [3.8, 4) is 22.8 Å². The monoisotopic (exact) mass is 474 g/mol. The Balaban J connectivity index is 1.65. The molecule has 0 unspecified atom stereocenters. The average Bonchev–Trinajstić information content (AvgIpc) is 3.27. The second-order valence-electron chi connectivity index (χ2n) is 7.45. The highest BCUT2D eigenvalue weighted by atomic mass is 32.2. The van der Waals surface area contributed by atoms with Crippen LogP contribution in [-0.2, 0) is 0 Å². The van der Waals surface area contributed by atoms with E-state index in [1.54, 1.807) is 6.07 Å². The number of hydrogen-bond donors (Lipinski definition) is 0. The fourth-order valence-electron chi connectivity index (χ4n) is 3.35. The Morgan fingerprint density at radius 2 is 1.79 bits per heavy atom. The van der Waals surface area contributed by atoms with Gasteiger partial charge < -0.3 is 4.74 Å². The topological polar surface area (TPSA) is 100 Å². The van der Waals surface area contributed by atoms with Crippen LogP contribution in [0.2, 0.25) is 0 Å². The molecule has 0 amide bonds. The van der Waals surface area contributed by atoms with Gasteiger partial charge in [-0.3, -0.25) is 19.5 Å². The van der Waals surface area contributed by atoms with Gasteiger partial charge in [0.1, 0.15) is 5.75 Å². The van der Waals surface area contributed by atoms with Crippen molar-refractivity contribution in [3.63, 3.8) is 0 Å². The molecule has 0 N–H and O–H groups in total. The van der Waals surface area contributed by atoms with Crippen molar-refractivity contribution in [2.24, 2.45) is 0 Å². The summed E-state index contributed by atoms with van der Waals surface area (Å²) in [4.78, 5) is 23.3. The third-order valence-corrected chi connectivity index (χ3v) is 5.99. The van der Waals surface area contributed by atoms with Crippen molar-refractivity contribution in [2.75, 3.05) is 12.4 Å². The number of aryl methyl sites for hydroxylation is 1. The van der Waals surface area contributed by atoms with E-state index in [4.69, 9.17) is 4.74 Å². The molecule has 0 aliphatic rings. The summed E-state index contributed by atoms with van der Waals surface area (Å²) in [5.41, 5.74) is 3.02. The van der Waals surface area contributed by atoms with Crippen LogP contribution in [0.15, 0.2) is 78.0 Å². The number of ketones is 1. The number of nitrogens with zero attached hydrogens (tertiary/aromatic N) is 4. The Morgan fingerprint density at radius 3 is 2.47 bits per heavy atom. The molecule has 0 fully saturated rings. The summed E-state index contributed by atoms with van der Waals surface area (Å²) in [5.74, 6) is 1.23. The van der Waals surface area contributed by atoms with Crippen molar-refractivity contribution >= 4 is 23.2 Å². The minimum Gasteiger partial charge on any atom is -0.494 e. The summed E-state index contributed by atoms with van der Waals surface area (Å²) in [5, 5.41) is 20.3. The van der Waals surface area contributed by atoms with Crippen LogP contribution in [0.4, 0.5) is 5.69 Å². The van der Waals surface area contributed by atoms with E-state index in [0.29, 0.717) is 17.6 Å². The number of hydrogen-bond acceptors (Lipinski definition) is 7. The molecule has 0 bridgehead atoms. The molecule has 1 aromatic heterocycles. The molecular formula is C25H22N4O4S. The lowest BCUT2D eigenvalue weighted by Crippen LogP contribution is -2.05. The molecular weight excluding hydrogens is 452 g/mol. The molecule has 0 spiro atoms. The van der Waals surface area contributed by atoms with E-state index in [2.05, 4.69) is 10.2 Å². The van der Waals surface area contributed by atoms with Crippen molar-refractivity contribution in [2.45, 2.75) is 19.0 Å². The van der Waals surface area contributed by atoms with Gasteiger partial charge >= 0.3 is 0 Å². The molecule has 9 heteroatoms. The van der Waals surface area contributed by atoms with Crippen LogP contribution < -0.4 is 4.74 Å². The van der Waals surface area contributed by atoms with E-state index in [1.807, 2.05) is 66.9 Å². The van der Waals surface area contributed by atoms with Gasteiger partial charge in [-0.2, -0.15) is 0 Å². The first-order chi connectivity index (χ1) is 16.5. The zero-order valence-corrected chi connectivity index (χ0v) is 19.5. The van der Waals surface area contributed by atoms with Gasteiger partial charge in [0.05, 0.1) is 17.3 Å². The van der Waals surface area contributed by atoms with Crippen LogP contribution in [0.1, 0.15) is 22.8 Å². The Bertz CT molecular complexity index is 1320. The predicted octanol–water partition coefficient (Wildman–Crippen LogP) is 5.52. The molecule has 0 saturated carbocycles. The second-order valence-corrected chi connectivity index (χ2v) is 8.40. The zero-order chi connectivity index (χ0) is 24.1. The van der Waals surface area contributed by atoms with Gasteiger partial charge in [0, 0.05) is 28.9 Å². The lowest BCUT2D eigenvalue weighted by atomic mass is 10.1. The van der Waals surface area contributed by atoms with Gasteiger partial charge in [-0.15, -0.1) is 10.2 Å². The Hall–Kier alpha value is -3.98. The molecule has 0 aliphatic heterocycles. The predicted molar refractivity (Wildman–Crippen MR) is 131 cm³/mol. The van der Waals surface area contributed by atoms with E-state index in [0.717, 1.165) is 22.6 Å². The van der Waals surface area contributed by atoms with Gasteiger partial charge in [0.25, 0.3) is 5.69 Å². The summed E-state index contributed by atoms with van der Waals surface area (Å²) < 4.78 is 7.45. The van der Waals surface area contributed by atoms with E-state index >= 15 is 0 Å². The van der Waals surface area contributed by atoms with Crippen LogP contribution in [-0.4, -0.2) is 37.8 Å². The Morgan fingerprint density at radius 1 is 1.06 bits per heavy atom. The number of nitro groups is 1. The molecule has 4 aromatic rings. The number of thioether (sulfide) groups is 1. The summed E-state index contributed by atoms with van der Waals surface area (Å²) in [7, 11) is 0. The maximum Gasteiger partial charge on any atom is 0.270 e. The molecule has 8 nitrogen and oxygen atoms in total. The van der Waals surface area contributed by atoms with E-state index in [1.165, 1.54) is 30.0 Å². The number of rotatable bonds is 9. The molecule has 172 valence electrons. The molecule has 3 aromatic carbocycles. The lowest BCUT2D eigenvalue weighted by molar-refractivity contribution is -0.384. The van der Waals surface area contributed by atoms with Crippen LogP contribution in [0.25, 0.3) is 17.1 Å². The Kier molecular flexibility index (Phi) is 7.03. The molecule has 0 aliphatic carbocycles. The first-order valence-electron chi connectivity index (χ1n) is 10.6. The first-order valence-corrected chi connectivity index (χ1v) is 11.6. The molecule has 34 heavy (non-hydrogen) atoms. The van der Waals surface area contributed by atoms with E-state index < -0.39 is 4.92 Å². The van der Waals surface area contributed by atoms with Crippen LogP contribution in [0.3, 0.4) is 0 Å². The standard InChI is InChI=1S/C25H22N4O4S/c1-3-33-22-13-11-20(12-14-22)28-24(18-9-7-17(2)8-10-18)26-27-25(28)34-16-23(30)19-5-4-6-21(15-19)29(31)32/h4-15H,3,16H2,1-2H3. The maximum absolute atomic E-state index is 12.8. The number of Topliss-reactive ketones (excluding diaryl/α,β-unsaturated/α-hetero) is 1. The number of benzene rings is 3. The van der Waals surface area contributed by atoms with Gasteiger partial charge in [-0.1, -0.05) is 53.7 Å². The minimum atomic E-state index is -0.514.